The quantitative estimate of drug-likeness (QED) is 0.661. The second-order valence-electron chi connectivity index (χ2n) is 4.53. The lowest BCUT2D eigenvalue weighted by Crippen LogP contribution is -2.19. The van der Waals surface area contributed by atoms with Gasteiger partial charge in [-0.15, -0.1) is 0 Å². The van der Waals surface area contributed by atoms with Gasteiger partial charge in [0.15, 0.2) is 0 Å². The molecule has 0 unspecified atom stereocenters. The van der Waals surface area contributed by atoms with E-state index in [2.05, 4.69) is 10.3 Å². The molecule has 0 aliphatic rings. The SMILES string of the molecule is CCCNC=O.CCn1cnc2c(O)c(C)ccc2c1=O. The molecule has 0 spiro atoms. The van der Waals surface area contributed by atoms with Crippen LogP contribution in [-0.4, -0.2) is 27.6 Å². The molecule has 6 nitrogen and oxygen atoms in total. The van der Waals surface area contributed by atoms with E-state index in [4.69, 9.17) is 0 Å². The molecule has 1 aromatic carbocycles. The maximum atomic E-state index is 11.8. The Bertz CT molecular complexity index is 665. The zero-order valence-corrected chi connectivity index (χ0v) is 12.6. The summed E-state index contributed by atoms with van der Waals surface area (Å²) in [5.74, 6) is 0.0906. The zero-order valence-electron chi connectivity index (χ0n) is 12.6. The average molecular weight is 291 g/mol. The van der Waals surface area contributed by atoms with Crippen LogP contribution in [0.2, 0.25) is 0 Å². The Morgan fingerprint density at radius 1 is 1.38 bits per heavy atom. The minimum absolute atomic E-state index is 0.0906. The first kappa shape index (κ1) is 16.7. The number of amides is 1. The summed E-state index contributed by atoms with van der Waals surface area (Å²) in [7, 11) is 0. The molecule has 6 heteroatoms. The van der Waals surface area contributed by atoms with E-state index in [1.54, 1.807) is 19.1 Å². The second kappa shape index (κ2) is 8.04. The number of nitrogens with one attached hydrogen (secondary N) is 1. The first-order valence-corrected chi connectivity index (χ1v) is 6.91. The number of aryl methyl sites for hydroxylation is 2. The Labute approximate surface area is 123 Å². The van der Waals surface area contributed by atoms with Gasteiger partial charge in [0.2, 0.25) is 6.41 Å². The molecule has 2 rings (SSSR count). The van der Waals surface area contributed by atoms with E-state index in [0.717, 1.165) is 18.5 Å². The number of carbonyl (C=O) groups excluding carboxylic acids is 1. The molecule has 0 atom stereocenters. The van der Waals surface area contributed by atoms with E-state index < -0.39 is 0 Å². The molecule has 0 bridgehead atoms. The van der Waals surface area contributed by atoms with Crippen LogP contribution in [0.1, 0.15) is 25.8 Å². The third kappa shape index (κ3) is 4.05. The van der Waals surface area contributed by atoms with Crippen molar-refractivity contribution in [2.24, 2.45) is 0 Å². The predicted octanol–water partition coefficient (Wildman–Crippen LogP) is 1.57. The molecule has 1 amide bonds. The summed E-state index contributed by atoms with van der Waals surface area (Å²) in [5, 5.41) is 12.7. The van der Waals surface area contributed by atoms with Crippen molar-refractivity contribution >= 4 is 17.3 Å². The highest BCUT2D eigenvalue weighted by molar-refractivity contribution is 5.84. The van der Waals surface area contributed by atoms with Gasteiger partial charge in [-0.25, -0.2) is 4.98 Å². The van der Waals surface area contributed by atoms with Crippen LogP contribution >= 0.6 is 0 Å². The van der Waals surface area contributed by atoms with Crippen molar-refractivity contribution in [1.29, 1.82) is 0 Å². The average Bonchev–Trinajstić information content (AvgIpc) is 2.50. The van der Waals surface area contributed by atoms with Crippen molar-refractivity contribution in [2.75, 3.05) is 6.54 Å². The van der Waals surface area contributed by atoms with Crippen LogP contribution in [0.15, 0.2) is 23.3 Å². The molecule has 0 saturated carbocycles. The fraction of sp³-hybridized carbons (Fsp3) is 0.400. The molecule has 0 radical (unpaired) electrons. The van der Waals surface area contributed by atoms with Crippen molar-refractivity contribution in [3.63, 3.8) is 0 Å². The Morgan fingerprint density at radius 3 is 2.62 bits per heavy atom. The maximum absolute atomic E-state index is 11.8. The number of phenols is 1. The maximum Gasteiger partial charge on any atom is 0.261 e. The normalized spacial score (nSPS) is 9.86. The summed E-state index contributed by atoms with van der Waals surface area (Å²) < 4.78 is 1.51. The molecule has 1 heterocycles. The third-order valence-electron chi connectivity index (χ3n) is 2.99. The van der Waals surface area contributed by atoms with Crippen LogP contribution < -0.4 is 10.9 Å². The van der Waals surface area contributed by atoms with Gasteiger partial charge in [-0.1, -0.05) is 13.0 Å². The molecule has 2 aromatic rings. The Balaban J connectivity index is 0.000000315. The fourth-order valence-electron chi connectivity index (χ4n) is 1.75. The topological polar surface area (TPSA) is 84.2 Å². The Morgan fingerprint density at radius 2 is 2.10 bits per heavy atom. The molecule has 114 valence electrons. The third-order valence-corrected chi connectivity index (χ3v) is 2.99. The van der Waals surface area contributed by atoms with Gasteiger partial charge in [0.25, 0.3) is 5.56 Å². The van der Waals surface area contributed by atoms with Crippen molar-refractivity contribution < 1.29 is 9.90 Å². The number of hydrogen-bond donors (Lipinski definition) is 2. The van der Waals surface area contributed by atoms with E-state index in [1.165, 1.54) is 10.9 Å². The molecule has 1 aromatic heterocycles. The molecule has 0 saturated heterocycles. The number of fused-ring (bicyclic) bond motifs is 1. The van der Waals surface area contributed by atoms with Crippen LogP contribution in [0, 0.1) is 6.92 Å². The van der Waals surface area contributed by atoms with Gasteiger partial charge >= 0.3 is 0 Å². The van der Waals surface area contributed by atoms with Gasteiger partial charge < -0.3 is 10.4 Å². The number of carbonyl (C=O) groups is 1. The number of rotatable bonds is 4. The lowest BCUT2D eigenvalue weighted by molar-refractivity contribution is -0.109. The van der Waals surface area contributed by atoms with Gasteiger partial charge in [0.1, 0.15) is 11.3 Å². The highest BCUT2D eigenvalue weighted by Gasteiger charge is 2.08. The first-order valence-electron chi connectivity index (χ1n) is 6.91. The van der Waals surface area contributed by atoms with E-state index in [9.17, 15) is 14.7 Å². The molecule has 21 heavy (non-hydrogen) atoms. The molecular weight excluding hydrogens is 270 g/mol. The fourth-order valence-corrected chi connectivity index (χ4v) is 1.75. The van der Waals surface area contributed by atoms with Crippen molar-refractivity contribution in [3.8, 4) is 5.75 Å². The summed E-state index contributed by atoms with van der Waals surface area (Å²) in [5.41, 5.74) is 0.992. The van der Waals surface area contributed by atoms with Crippen molar-refractivity contribution in [1.82, 2.24) is 14.9 Å². The number of nitrogens with zero attached hydrogens (tertiary/aromatic N) is 2. The summed E-state index contributed by atoms with van der Waals surface area (Å²) in [6.45, 7) is 7.04. The largest absolute Gasteiger partial charge is 0.505 e. The van der Waals surface area contributed by atoms with E-state index in [0.29, 0.717) is 23.9 Å². The minimum Gasteiger partial charge on any atom is -0.505 e. The minimum atomic E-state index is -0.113. The Hall–Kier alpha value is -2.37. The monoisotopic (exact) mass is 291 g/mol. The second-order valence-corrected chi connectivity index (χ2v) is 4.53. The lowest BCUT2D eigenvalue weighted by Gasteiger charge is -2.05. The number of aromatic nitrogens is 2. The van der Waals surface area contributed by atoms with Crippen LogP contribution in [0.5, 0.6) is 5.75 Å². The summed E-state index contributed by atoms with van der Waals surface area (Å²) in [4.78, 5) is 25.4. The van der Waals surface area contributed by atoms with E-state index in [1.807, 2.05) is 13.8 Å². The summed E-state index contributed by atoms with van der Waals surface area (Å²) in [6.07, 6.45) is 3.19. The number of benzene rings is 1. The molecule has 0 aliphatic carbocycles. The lowest BCUT2D eigenvalue weighted by atomic mass is 10.1. The molecular formula is C15H21N3O3. The Kier molecular flexibility index (Phi) is 6.39. The standard InChI is InChI=1S/C11H12N2O2.C4H9NO/c1-3-13-6-12-9-8(11(13)15)5-4-7(2)10(9)14;1-2-3-5-4-6/h4-6,14H,3H2,1-2H3;4H,2-3H2,1H3,(H,5,6). The van der Waals surface area contributed by atoms with E-state index in [-0.39, 0.29) is 11.3 Å². The van der Waals surface area contributed by atoms with E-state index >= 15 is 0 Å². The van der Waals surface area contributed by atoms with Crippen LogP contribution in [0.3, 0.4) is 0 Å². The number of hydrogen-bond acceptors (Lipinski definition) is 4. The molecule has 2 N–H and O–H groups in total. The van der Waals surface area contributed by atoms with Gasteiger partial charge in [0.05, 0.1) is 11.7 Å². The first-order chi connectivity index (χ1) is 10.1. The molecule has 0 fully saturated rings. The summed E-state index contributed by atoms with van der Waals surface area (Å²) >= 11 is 0. The zero-order chi connectivity index (χ0) is 15.8. The van der Waals surface area contributed by atoms with Gasteiger partial charge in [-0.05, 0) is 31.9 Å². The summed E-state index contributed by atoms with van der Waals surface area (Å²) in [6, 6.07) is 3.42. The highest BCUT2D eigenvalue weighted by Crippen LogP contribution is 2.23. The molecule has 0 aliphatic heterocycles. The van der Waals surface area contributed by atoms with Gasteiger partial charge in [-0.2, -0.15) is 0 Å². The smallest absolute Gasteiger partial charge is 0.261 e. The highest BCUT2D eigenvalue weighted by atomic mass is 16.3. The number of phenolic OH excluding ortho intramolecular Hbond substituents is 1. The van der Waals surface area contributed by atoms with Crippen molar-refractivity contribution in [2.45, 2.75) is 33.7 Å². The van der Waals surface area contributed by atoms with Gasteiger partial charge in [-0.3, -0.25) is 14.2 Å². The predicted molar refractivity (Wildman–Crippen MR) is 82.4 cm³/mol. The number of aromatic hydroxyl groups is 1. The van der Waals surface area contributed by atoms with Crippen LogP contribution in [0.25, 0.3) is 10.9 Å². The van der Waals surface area contributed by atoms with Crippen LogP contribution in [-0.2, 0) is 11.3 Å². The van der Waals surface area contributed by atoms with Gasteiger partial charge in [0, 0.05) is 13.1 Å². The van der Waals surface area contributed by atoms with Crippen molar-refractivity contribution in [3.05, 3.63) is 34.4 Å². The van der Waals surface area contributed by atoms with Crippen LogP contribution in [0.4, 0.5) is 0 Å².